The van der Waals surface area contributed by atoms with Gasteiger partial charge in [0.05, 0.1) is 14.2 Å². The fourth-order valence-electron chi connectivity index (χ4n) is 2.35. The fraction of sp³-hybridized carbons (Fsp3) is 0.211. The summed E-state index contributed by atoms with van der Waals surface area (Å²) in [6.07, 6.45) is 3.03. The lowest BCUT2D eigenvalue weighted by atomic mass is 10.2. The van der Waals surface area contributed by atoms with E-state index in [0.717, 1.165) is 11.1 Å². The standard InChI is InChI=1S/C19H18O6/c1-21-15-6-3-13(9-17(15)22-2)5-8-19(20)23-11-14-4-7-16-18(10-14)25-12-24-16/h3-10H,11-12H2,1-2H3/b8-5+. The molecule has 3 rings (SSSR count). The smallest absolute Gasteiger partial charge is 0.331 e. The van der Waals surface area contributed by atoms with Crippen molar-refractivity contribution in [3.63, 3.8) is 0 Å². The third-order valence-corrected chi connectivity index (χ3v) is 3.64. The Hall–Kier alpha value is -3.15. The summed E-state index contributed by atoms with van der Waals surface area (Å²) in [7, 11) is 3.13. The molecule has 6 heteroatoms. The first kappa shape index (κ1) is 16.7. The largest absolute Gasteiger partial charge is 0.493 e. The van der Waals surface area contributed by atoms with E-state index in [4.69, 9.17) is 23.7 Å². The Morgan fingerprint density at radius 3 is 2.64 bits per heavy atom. The van der Waals surface area contributed by atoms with Crippen LogP contribution in [-0.4, -0.2) is 27.0 Å². The highest BCUT2D eigenvalue weighted by atomic mass is 16.7. The average molecular weight is 342 g/mol. The molecular formula is C19H18O6. The molecule has 0 aromatic heterocycles. The molecule has 25 heavy (non-hydrogen) atoms. The highest BCUT2D eigenvalue weighted by Crippen LogP contribution is 2.32. The van der Waals surface area contributed by atoms with Crippen molar-refractivity contribution in [2.24, 2.45) is 0 Å². The molecule has 1 heterocycles. The molecular weight excluding hydrogens is 324 g/mol. The Balaban J connectivity index is 1.58. The van der Waals surface area contributed by atoms with Gasteiger partial charge in [-0.25, -0.2) is 4.79 Å². The minimum absolute atomic E-state index is 0.158. The van der Waals surface area contributed by atoms with E-state index in [1.165, 1.54) is 6.08 Å². The summed E-state index contributed by atoms with van der Waals surface area (Å²) in [5, 5.41) is 0. The van der Waals surface area contributed by atoms with Crippen LogP contribution in [0.5, 0.6) is 23.0 Å². The quantitative estimate of drug-likeness (QED) is 0.593. The van der Waals surface area contributed by atoms with Crippen molar-refractivity contribution in [1.29, 1.82) is 0 Å². The maximum absolute atomic E-state index is 11.9. The molecule has 130 valence electrons. The predicted octanol–water partition coefficient (Wildman–Crippen LogP) is 3.19. The normalized spacial score (nSPS) is 12.2. The van der Waals surface area contributed by atoms with E-state index in [-0.39, 0.29) is 13.4 Å². The Kier molecular flexibility index (Phi) is 5.09. The minimum Gasteiger partial charge on any atom is -0.493 e. The van der Waals surface area contributed by atoms with Crippen LogP contribution in [0.25, 0.3) is 6.08 Å². The Morgan fingerprint density at radius 2 is 1.84 bits per heavy atom. The lowest BCUT2D eigenvalue weighted by Crippen LogP contribution is -2.00. The van der Waals surface area contributed by atoms with Crippen LogP contribution >= 0.6 is 0 Å². The molecule has 2 aromatic carbocycles. The highest BCUT2D eigenvalue weighted by Gasteiger charge is 2.13. The molecule has 0 unspecified atom stereocenters. The van der Waals surface area contributed by atoms with Crippen LogP contribution in [0, 0.1) is 0 Å². The molecule has 0 radical (unpaired) electrons. The van der Waals surface area contributed by atoms with E-state index in [0.29, 0.717) is 23.0 Å². The summed E-state index contributed by atoms with van der Waals surface area (Å²) >= 11 is 0. The molecule has 0 amide bonds. The average Bonchev–Trinajstić information content (AvgIpc) is 3.12. The molecule has 0 spiro atoms. The van der Waals surface area contributed by atoms with Crippen LogP contribution in [-0.2, 0) is 16.1 Å². The number of hydrogen-bond donors (Lipinski definition) is 0. The van der Waals surface area contributed by atoms with Crippen molar-refractivity contribution in [2.75, 3.05) is 21.0 Å². The van der Waals surface area contributed by atoms with Gasteiger partial charge in [-0.3, -0.25) is 0 Å². The van der Waals surface area contributed by atoms with Crippen molar-refractivity contribution in [3.8, 4) is 23.0 Å². The number of rotatable bonds is 6. The number of benzene rings is 2. The number of methoxy groups -OCH3 is 2. The molecule has 0 bridgehead atoms. The molecule has 0 fully saturated rings. The second-order valence-electron chi connectivity index (χ2n) is 5.24. The lowest BCUT2D eigenvalue weighted by Gasteiger charge is -2.07. The number of hydrogen-bond acceptors (Lipinski definition) is 6. The van der Waals surface area contributed by atoms with Gasteiger partial charge in [-0.2, -0.15) is 0 Å². The number of carbonyl (C=O) groups excluding carboxylic acids is 1. The van der Waals surface area contributed by atoms with Crippen LogP contribution in [0.1, 0.15) is 11.1 Å². The first-order valence-electron chi connectivity index (χ1n) is 7.65. The maximum atomic E-state index is 11.9. The van der Waals surface area contributed by atoms with Gasteiger partial charge >= 0.3 is 5.97 Å². The van der Waals surface area contributed by atoms with E-state index in [2.05, 4.69) is 0 Å². The minimum atomic E-state index is -0.438. The van der Waals surface area contributed by atoms with E-state index < -0.39 is 5.97 Å². The van der Waals surface area contributed by atoms with Gasteiger partial charge in [0, 0.05) is 6.08 Å². The molecule has 1 aliphatic rings. The summed E-state index contributed by atoms with van der Waals surface area (Å²) < 4.78 is 26.2. The molecule has 0 aliphatic carbocycles. The summed E-state index contributed by atoms with van der Waals surface area (Å²) in [6, 6.07) is 10.8. The van der Waals surface area contributed by atoms with Gasteiger partial charge in [0.15, 0.2) is 23.0 Å². The maximum Gasteiger partial charge on any atom is 0.331 e. The van der Waals surface area contributed by atoms with E-state index in [1.54, 1.807) is 44.6 Å². The molecule has 1 aliphatic heterocycles. The molecule has 0 atom stereocenters. The molecule has 0 saturated carbocycles. The first-order valence-corrected chi connectivity index (χ1v) is 7.65. The number of carbonyl (C=O) groups is 1. The molecule has 2 aromatic rings. The predicted molar refractivity (Wildman–Crippen MR) is 90.9 cm³/mol. The van der Waals surface area contributed by atoms with Gasteiger partial charge in [0.25, 0.3) is 0 Å². The monoisotopic (exact) mass is 342 g/mol. The summed E-state index contributed by atoms with van der Waals surface area (Å²) in [5.41, 5.74) is 1.63. The Bertz CT molecular complexity index is 796. The summed E-state index contributed by atoms with van der Waals surface area (Å²) in [5.74, 6) is 2.15. The van der Waals surface area contributed by atoms with E-state index >= 15 is 0 Å². The van der Waals surface area contributed by atoms with E-state index in [9.17, 15) is 4.79 Å². The second-order valence-corrected chi connectivity index (χ2v) is 5.24. The van der Waals surface area contributed by atoms with Crippen LogP contribution in [0.15, 0.2) is 42.5 Å². The third kappa shape index (κ3) is 4.03. The van der Waals surface area contributed by atoms with E-state index in [1.807, 2.05) is 12.1 Å². The number of ether oxygens (including phenoxy) is 5. The van der Waals surface area contributed by atoms with Crippen LogP contribution < -0.4 is 18.9 Å². The van der Waals surface area contributed by atoms with Crippen molar-refractivity contribution in [3.05, 3.63) is 53.6 Å². The zero-order valence-corrected chi connectivity index (χ0v) is 14.0. The SMILES string of the molecule is COc1ccc(/C=C/C(=O)OCc2ccc3c(c2)OCO3)cc1OC. The zero-order valence-electron chi connectivity index (χ0n) is 14.0. The van der Waals surface area contributed by atoms with Crippen LogP contribution in [0.2, 0.25) is 0 Å². The van der Waals surface area contributed by atoms with Gasteiger partial charge in [-0.15, -0.1) is 0 Å². The van der Waals surface area contributed by atoms with Crippen molar-refractivity contribution in [2.45, 2.75) is 6.61 Å². The fourth-order valence-corrected chi connectivity index (χ4v) is 2.35. The Morgan fingerprint density at radius 1 is 1.04 bits per heavy atom. The van der Waals surface area contributed by atoms with Gasteiger partial charge in [0.2, 0.25) is 6.79 Å². The number of fused-ring (bicyclic) bond motifs is 1. The van der Waals surface area contributed by atoms with Gasteiger partial charge < -0.3 is 23.7 Å². The second kappa shape index (κ2) is 7.61. The molecule has 0 N–H and O–H groups in total. The first-order chi connectivity index (χ1) is 12.2. The lowest BCUT2D eigenvalue weighted by molar-refractivity contribution is -0.138. The highest BCUT2D eigenvalue weighted by molar-refractivity contribution is 5.87. The van der Waals surface area contributed by atoms with Gasteiger partial charge in [-0.05, 0) is 41.5 Å². The van der Waals surface area contributed by atoms with Crippen molar-refractivity contribution >= 4 is 12.0 Å². The number of esters is 1. The van der Waals surface area contributed by atoms with Gasteiger partial charge in [0.1, 0.15) is 6.61 Å². The summed E-state index contributed by atoms with van der Waals surface area (Å²) in [4.78, 5) is 11.9. The Labute approximate surface area is 145 Å². The van der Waals surface area contributed by atoms with Gasteiger partial charge in [-0.1, -0.05) is 12.1 Å². The van der Waals surface area contributed by atoms with Crippen molar-refractivity contribution < 1.29 is 28.5 Å². The third-order valence-electron chi connectivity index (χ3n) is 3.64. The molecule has 0 saturated heterocycles. The topological polar surface area (TPSA) is 63.2 Å². The van der Waals surface area contributed by atoms with Crippen LogP contribution in [0.3, 0.4) is 0 Å². The van der Waals surface area contributed by atoms with Crippen LogP contribution in [0.4, 0.5) is 0 Å². The molecule has 6 nitrogen and oxygen atoms in total. The van der Waals surface area contributed by atoms with Crippen molar-refractivity contribution in [1.82, 2.24) is 0 Å². The zero-order chi connectivity index (χ0) is 17.6. The summed E-state index contributed by atoms with van der Waals surface area (Å²) in [6.45, 7) is 0.373.